The predicted octanol–water partition coefficient (Wildman–Crippen LogP) is 2.83. The van der Waals surface area contributed by atoms with Gasteiger partial charge in [-0.05, 0) is 38.5 Å². The Kier molecular flexibility index (Phi) is 6.25. The normalized spacial score (nSPS) is 12.3. The monoisotopic (exact) mass is 286 g/mol. The summed E-state index contributed by atoms with van der Waals surface area (Å²) in [7, 11) is 0. The number of benzene rings is 1. The smallest absolute Gasteiger partial charge is 0.239 e. The lowest BCUT2D eigenvalue weighted by Crippen LogP contribution is -2.44. The Morgan fingerprint density at radius 3 is 2.58 bits per heavy atom. The highest BCUT2D eigenvalue weighted by atomic mass is 35.5. The highest BCUT2D eigenvalue weighted by Crippen LogP contribution is 2.17. The molecule has 1 atom stereocenters. The Balaban J connectivity index is 2.58. The highest BCUT2D eigenvalue weighted by molar-refractivity contribution is 6.31. The third kappa shape index (κ3) is 4.48. The molecule has 0 heterocycles. The molecule has 3 nitrogen and oxygen atoms in total. The van der Waals surface area contributed by atoms with Gasteiger partial charge in [0.15, 0.2) is 0 Å². The van der Waals surface area contributed by atoms with E-state index in [1.165, 1.54) is 12.1 Å². The van der Waals surface area contributed by atoms with Gasteiger partial charge in [0.05, 0.1) is 6.04 Å². The maximum atomic E-state index is 12.9. The molecule has 0 saturated heterocycles. The summed E-state index contributed by atoms with van der Waals surface area (Å²) in [6.45, 7) is 7.54. The molecular formula is C14H20ClFN2O. The molecule has 0 bridgehead atoms. The van der Waals surface area contributed by atoms with Crippen molar-refractivity contribution in [1.29, 1.82) is 0 Å². The van der Waals surface area contributed by atoms with Gasteiger partial charge in [0.25, 0.3) is 0 Å². The Labute approximate surface area is 118 Å². The number of carbonyl (C=O) groups excluding carboxylic acids is 1. The van der Waals surface area contributed by atoms with Gasteiger partial charge in [-0.15, -0.1) is 0 Å². The molecule has 1 unspecified atom stereocenters. The summed E-state index contributed by atoms with van der Waals surface area (Å²) in [6, 6.07) is 3.97. The van der Waals surface area contributed by atoms with Crippen LogP contribution in [-0.2, 0) is 11.3 Å². The molecule has 1 amide bonds. The number of hydrogen-bond donors (Lipinski definition) is 1. The van der Waals surface area contributed by atoms with Crippen LogP contribution in [0.3, 0.4) is 0 Å². The molecule has 0 radical (unpaired) electrons. The second-order valence-electron chi connectivity index (χ2n) is 4.35. The third-order valence-corrected chi connectivity index (χ3v) is 3.41. The first kappa shape index (κ1) is 15.9. The summed E-state index contributed by atoms with van der Waals surface area (Å²) >= 11 is 5.93. The summed E-state index contributed by atoms with van der Waals surface area (Å²) in [4.78, 5) is 13.8. The average Bonchev–Trinajstić information content (AvgIpc) is 2.38. The van der Waals surface area contributed by atoms with Crippen LogP contribution in [0.4, 0.5) is 4.39 Å². The van der Waals surface area contributed by atoms with Crippen LogP contribution in [-0.4, -0.2) is 29.9 Å². The lowest BCUT2D eigenvalue weighted by atomic mass is 10.2. The molecule has 0 aliphatic rings. The number of amides is 1. The van der Waals surface area contributed by atoms with E-state index in [-0.39, 0.29) is 17.8 Å². The lowest BCUT2D eigenvalue weighted by molar-refractivity contribution is -0.132. The molecule has 1 aromatic rings. The first-order chi connectivity index (χ1) is 8.99. The Morgan fingerprint density at radius 2 is 2.05 bits per heavy atom. The van der Waals surface area contributed by atoms with Crippen LogP contribution in [0.5, 0.6) is 0 Å². The minimum absolute atomic E-state index is 0.0586. The topological polar surface area (TPSA) is 32.3 Å². The van der Waals surface area contributed by atoms with E-state index >= 15 is 0 Å². The van der Waals surface area contributed by atoms with Crippen LogP contribution in [0, 0.1) is 5.82 Å². The third-order valence-electron chi connectivity index (χ3n) is 3.06. The van der Waals surface area contributed by atoms with Crippen molar-refractivity contribution in [1.82, 2.24) is 10.2 Å². The minimum Gasteiger partial charge on any atom is -0.342 e. The van der Waals surface area contributed by atoms with Crippen LogP contribution in [0.1, 0.15) is 26.3 Å². The van der Waals surface area contributed by atoms with Crippen molar-refractivity contribution in [3.05, 3.63) is 34.6 Å². The summed E-state index contributed by atoms with van der Waals surface area (Å²) in [5, 5.41) is 3.48. The van der Waals surface area contributed by atoms with Crippen molar-refractivity contribution in [2.75, 3.05) is 13.1 Å². The Morgan fingerprint density at radius 1 is 1.42 bits per heavy atom. The van der Waals surface area contributed by atoms with Gasteiger partial charge in [-0.1, -0.05) is 17.7 Å². The zero-order valence-electron chi connectivity index (χ0n) is 11.5. The van der Waals surface area contributed by atoms with Gasteiger partial charge in [-0.3, -0.25) is 4.79 Å². The van der Waals surface area contributed by atoms with Crippen molar-refractivity contribution in [2.24, 2.45) is 0 Å². The molecule has 1 aromatic carbocycles. The second kappa shape index (κ2) is 7.46. The van der Waals surface area contributed by atoms with Crippen LogP contribution >= 0.6 is 11.6 Å². The number of hydrogen-bond acceptors (Lipinski definition) is 2. The molecule has 0 aromatic heterocycles. The highest BCUT2D eigenvalue weighted by Gasteiger charge is 2.17. The Bertz CT molecular complexity index is 435. The molecule has 0 saturated carbocycles. The number of halogens is 2. The molecule has 5 heteroatoms. The number of carbonyl (C=O) groups is 1. The molecule has 0 fully saturated rings. The summed E-state index contributed by atoms with van der Waals surface area (Å²) < 4.78 is 12.9. The van der Waals surface area contributed by atoms with E-state index in [9.17, 15) is 9.18 Å². The largest absolute Gasteiger partial charge is 0.342 e. The zero-order valence-corrected chi connectivity index (χ0v) is 12.3. The molecule has 0 aliphatic carbocycles. The molecule has 1 N–H and O–H groups in total. The van der Waals surface area contributed by atoms with Gasteiger partial charge in [0.1, 0.15) is 5.82 Å². The predicted molar refractivity (Wildman–Crippen MR) is 75.6 cm³/mol. The number of likely N-dealkylation sites (N-methyl/N-ethyl adjacent to an activating group) is 1. The fourth-order valence-corrected chi connectivity index (χ4v) is 2.06. The van der Waals surface area contributed by atoms with Crippen molar-refractivity contribution in [3.63, 3.8) is 0 Å². The van der Waals surface area contributed by atoms with Gasteiger partial charge in [0.2, 0.25) is 5.91 Å². The second-order valence-corrected chi connectivity index (χ2v) is 4.76. The first-order valence-corrected chi connectivity index (χ1v) is 6.83. The maximum absolute atomic E-state index is 12.9. The van der Waals surface area contributed by atoms with Gasteiger partial charge in [0, 0.05) is 24.7 Å². The van der Waals surface area contributed by atoms with Crippen LogP contribution < -0.4 is 5.32 Å². The quantitative estimate of drug-likeness (QED) is 0.872. The zero-order chi connectivity index (χ0) is 14.4. The molecule has 0 spiro atoms. The lowest BCUT2D eigenvalue weighted by Gasteiger charge is -2.23. The number of nitrogens with zero attached hydrogens (tertiary/aromatic N) is 1. The van der Waals surface area contributed by atoms with Crippen molar-refractivity contribution in [2.45, 2.75) is 33.4 Å². The molecule has 1 rings (SSSR count). The maximum Gasteiger partial charge on any atom is 0.239 e. The van der Waals surface area contributed by atoms with E-state index in [0.717, 1.165) is 5.56 Å². The fraction of sp³-hybridized carbons (Fsp3) is 0.500. The van der Waals surface area contributed by atoms with Crippen LogP contribution in [0.25, 0.3) is 0 Å². The molecule has 19 heavy (non-hydrogen) atoms. The molecule has 106 valence electrons. The van der Waals surface area contributed by atoms with Crippen molar-refractivity contribution >= 4 is 17.5 Å². The van der Waals surface area contributed by atoms with Crippen LogP contribution in [0.15, 0.2) is 18.2 Å². The van der Waals surface area contributed by atoms with Crippen LogP contribution in [0.2, 0.25) is 5.02 Å². The standard InChI is InChI=1S/C14H20ClFN2O/c1-4-18(5-2)14(19)10(3)17-9-11-6-7-12(16)8-13(11)15/h6-8,10,17H,4-5,9H2,1-3H3. The first-order valence-electron chi connectivity index (χ1n) is 6.45. The summed E-state index contributed by atoms with van der Waals surface area (Å²) in [6.07, 6.45) is 0. The van der Waals surface area contributed by atoms with Gasteiger partial charge in [-0.2, -0.15) is 0 Å². The van der Waals surface area contributed by atoms with E-state index in [1.807, 2.05) is 20.8 Å². The van der Waals surface area contributed by atoms with Crippen molar-refractivity contribution in [3.8, 4) is 0 Å². The van der Waals surface area contributed by atoms with E-state index in [1.54, 1.807) is 11.0 Å². The molecular weight excluding hydrogens is 267 g/mol. The fourth-order valence-electron chi connectivity index (χ4n) is 1.82. The summed E-state index contributed by atoms with van der Waals surface area (Å²) in [5.41, 5.74) is 0.780. The minimum atomic E-state index is -0.360. The van der Waals surface area contributed by atoms with Gasteiger partial charge in [-0.25, -0.2) is 4.39 Å². The van der Waals surface area contributed by atoms with E-state index < -0.39 is 0 Å². The molecule has 0 aliphatic heterocycles. The van der Waals surface area contributed by atoms with Crippen molar-refractivity contribution < 1.29 is 9.18 Å². The number of nitrogens with one attached hydrogen (secondary N) is 1. The SMILES string of the molecule is CCN(CC)C(=O)C(C)NCc1ccc(F)cc1Cl. The number of rotatable bonds is 6. The Hall–Kier alpha value is -1.13. The summed E-state index contributed by atoms with van der Waals surface area (Å²) in [5.74, 6) is -0.302. The average molecular weight is 287 g/mol. The van der Waals surface area contributed by atoms with Gasteiger partial charge >= 0.3 is 0 Å². The van der Waals surface area contributed by atoms with Gasteiger partial charge < -0.3 is 10.2 Å². The van der Waals surface area contributed by atoms with E-state index in [2.05, 4.69) is 5.32 Å². The van der Waals surface area contributed by atoms with E-state index in [0.29, 0.717) is 24.7 Å². The van der Waals surface area contributed by atoms with E-state index in [4.69, 9.17) is 11.6 Å².